The molecule has 0 spiro atoms. The minimum Gasteiger partial charge on any atom is -0.451 e. The van der Waals surface area contributed by atoms with E-state index in [0.29, 0.717) is 30.0 Å². The van der Waals surface area contributed by atoms with E-state index in [9.17, 15) is 22.4 Å². The number of likely N-dealkylation sites (tertiary alicyclic amines) is 1. The molecule has 1 aliphatic heterocycles. The summed E-state index contributed by atoms with van der Waals surface area (Å²) in [5.74, 6) is -9.81. The fourth-order valence-corrected chi connectivity index (χ4v) is 5.04. The molecule has 1 aliphatic rings. The van der Waals surface area contributed by atoms with E-state index in [1.54, 1.807) is 4.90 Å². The Morgan fingerprint density at radius 1 is 1.17 bits per heavy atom. The third-order valence-corrected chi connectivity index (χ3v) is 7.18. The van der Waals surface area contributed by atoms with Crippen molar-refractivity contribution in [3.63, 3.8) is 0 Å². The van der Waals surface area contributed by atoms with Gasteiger partial charge in [0.25, 0.3) is 0 Å². The van der Waals surface area contributed by atoms with E-state index in [-0.39, 0.29) is 41.6 Å². The Kier molecular flexibility index (Phi) is 9.11. The summed E-state index contributed by atoms with van der Waals surface area (Å²) in [5, 5.41) is 0. The number of nitrogens with zero attached hydrogens (tertiary/aromatic N) is 4. The van der Waals surface area contributed by atoms with Gasteiger partial charge in [-0.2, -0.15) is 8.78 Å². The second-order valence-electron chi connectivity index (χ2n) is 9.58. The van der Waals surface area contributed by atoms with Crippen LogP contribution in [-0.4, -0.2) is 46.6 Å². The molecule has 2 heterocycles. The number of benzene rings is 2. The van der Waals surface area contributed by atoms with Gasteiger partial charge in [-0.1, -0.05) is 13.5 Å². The molecular weight excluding hydrogens is 545 g/mol. The summed E-state index contributed by atoms with van der Waals surface area (Å²) in [6, 6.07) is 3.30. The lowest BCUT2D eigenvalue weighted by atomic mass is 9.81. The molecule has 216 valence electrons. The van der Waals surface area contributed by atoms with Gasteiger partial charge >= 0.3 is 0 Å². The van der Waals surface area contributed by atoms with Crippen molar-refractivity contribution in [1.29, 1.82) is 0 Å². The molecule has 1 fully saturated rings. The van der Waals surface area contributed by atoms with Gasteiger partial charge in [-0.05, 0) is 37.0 Å². The van der Waals surface area contributed by atoms with E-state index >= 15 is 4.39 Å². The predicted molar refractivity (Wildman–Crippen MR) is 142 cm³/mol. The lowest BCUT2D eigenvalue weighted by Gasteiger charge is -2.35. The third-order valence-electron chi connectivity index (χ3n) is 7.18. The molecule has 1 aromatic heterocycles. The van der Waals surface area contributed by atoms with Gasteiger partial charge in [0, 0.05) is 55.9 Å². The van der Waals surface area contributed by atoms with Gasteiger partial charge in [0.05, 0.1) is 17.1 Å². The molecule has 41 heavy (non-hydrogen) atoms. The maximum absolute atomic E-state index is 15.5. The molecular formula is C29H28F5N5O2. The first-order chi connectivity index (χ1) is 19.6. The first-order valence-electron chi connectivity index (χ1n) is 12.8. The zero-order valence-electron chi connectivity index (χ0n) is 22.4. The van der Waals surface area contributed by atoms with Crippen molar-refractivity contribution in [3.05, 3.63) is 94.8 Å². The van der Waals surface area contributed by atoms with Crippen LogP contribution < -0.4 is 10.5 Å². The largest absolute Gasteiger partial charge is 0.451 e. The number of piperidine rings is 1. The summed E-state index contributed by atoms with van der Waals surface area (Å²) in [5.41, 5.74) is 7.55. The Bertz CT molecular complexity index is 1490. The van der Waals surface area contributed by atoms with Crippen LogP contribution in [0.1, 0.15) is 48.2 Å². The number of carbonyl (C=O) groups is 1. The second kappa shape index (κ2) is 12.5. The molecule has 0 bridgehead atoms. The number of halogens is 5. The highest BCUT2D eigenvalue weighted by Crippen LogP contribution is 2.35. The number of hydrogen-bond donors (Lipinski definition) is 1. The summed E-state index contributed by atoms with van der Waals surface area (Å²) in [6.07, 6.45) is 4.27. The maximum Gasteiger partial charge on any atom is 0.245 e. The Morgan fingerprint density at radius 3 is 2.49 bits per heavy atom. The lowest BCUT2D eigenvalue weighted by Crippen LogP contribution is -2.40. The zero-order chi connectivity index (χ0) is 29.8. The van der Waals surface area contributed by atoms with E-state index in [4.69, 9.17) is 10.5 Å². The molecule has 2 unspecified atom stereocenters. The van der Waals surface area contributed by atoms with Crippen molar-refractivity contribution in [3.8, 4) is 11.5 Å². The first-order valence-corrected chi connectivity index (χ1v) is 12.8. The van der Waals surface area contributed by atoms with E-state index < -0.39 is 40.6 Å². The number of amides is 1. The standard InChI is InChI=1S/C29H28F5N5O2/c1-4-23(40)39-9-5-6-16(13-39)15(2)27-24(22(12-35)37-14-38-27)28(36-3)18-8-7-17(10-19(18)30)41-29-25(33)20(31)11-21(32)26(29)34/h4,7-8,10-11,14-16H,1,5-6,9,12-13,35H2,2-3H3. The highest BCUT2D eigenvalue weighted by molar-refractivity contribution is 6.14. The van der Waals surface area contributed by atoms with Crippen molar-refractivity contribution < 1.29 is 31.5 Å². The topological polar surface area (TPSA) is 93.7 Å². The number of rotatable bonds is 8. The Labute approximate surface area is 233 Å². The van der Waals surface area contributed by atoms with Gasteiger partial charge in [0.15, 0.2) is 11.6 Å². The molecule has 0 radical (unpaired) electrons. The van der Waals surface area contributed by atoms with Crippen molar-refractivity contribution >= 4 is 11.6 Å². The van der Waals surface area contributed by atoms with Crippen LogP contribution in [0, 0.1) is 35.0 Å². The van der Waals surface area contributed by atoms with Crippen LogP contribution in [0.3, 0.4) is 0 Å². The molecule has 0 saturated carbocycles. The summed E-state index contributed by atoms with van der Waals surface area (Å²) in [7, 11) is 1.45. The van der Waals surface area contributed by atoms with Crippen LogP contribution in [0.4, 0.5) is 22.0 Å². The maximum atomic E-state index is 15.5. The van der Waals surface area contributed by atoms with Crippen LogP contribution in [0.5, 0.6) is 11.5 Å². The van der Waals surface area contributed by atoms with Gasteiger partial charge in [0.1, 0.15) is 17.9 Å². The zero-order valence-corrected chi connectivity index (χ0v) is 22.4. The van der Waals surface area contributed by atoms with Gasteiger partial charge in [-0.3, -0.25) is 9.79 Å². The van der Waals surface area contributed by atoms with Crippen LogP contribution >= 0.6 is 0 Å². The van der Waals surface area contributed by atoms with E-state index in [0.717, 1.165) is 18.9 Å². The molecule has 7 nitrogen and oxygen atoms in total. The SMILES string of the molecule is C=CC(=O)N1CCCC(C(C)c2ncnc(CN)c2C(=NC)c2ccc(Oc3c(F)c(F)cc(F)c3F)cc2F)C1. The monoisotopic (exact) mass is 573 g/mol. The summed E-state index contributed by atoms with van der Waals surface area (Å²) in [6.45, 7) is 6.63. The van der Waals surface area contributed by atoms with Crippen LogP contribution in [0.15, 0.2) is 48.2 Å². The molecule has 1 amide bonds. The highest BCUT2D eigenvalue weighted by Gasteiger charge is 2.32. The number of nitrogens with two attached hydrogens (primary N) is 1. The van der Waals surface area contributed by atoms with Gasteiger partial charge < -0.3 is 15.4 Å². The fraction of sp³-hybridized carbons (Fsp3) is 0.310. The Balaban J connectivity index is 1.71. The van der Waals surface area contributed by atoms with Crippen molar-refractivity contribution in [2.75, 3.05) is 20.1 Å². The predicted octanol–water partition coefficient (Wildman–Crippen LogP) is 5.42. The molecule has 0 aliphatic carbocycles. The van der Waals surface area contributed by atoms with Crippen molar-refractivity contribution in [2.45, 2.75) is 32.2 Å². The Morgan fingerprint density at radius 2 is 1.88 bits per heavy atom. The molecule has 2 N–H and O–H groups in total. The molecule has 2 aromatic carbocycles. The number of aromatic nitrogens is 2. The summed E-state index contributed by atoms with van der Waals surface area (Å²) < 4.78 is 75.9. The van der Waals surface area contributed by atoms with Crippen LogP contribution in [-0.2, 0) is 11.3 Å². The minimum atomic E-state index is -1.76. The van der Waals surface area contributed by atoms with Gasteiger partial charge in [0.2, 0.25) is 23.3 Å². The van der Waals surface area contributed by atoms with E-state index in [1.165, 1.54) is 31.6 Å². The molecule has 3 aromatic rings. The quantitative estimate of drug-likeness (QED) is 0.168. The molecule has 4 rings (SSSR count). The molecule has 12 heteroatoms. The number of hydrogen-bond acceptors (Lipinski definition) is 6. The van der Waals surface area contributed by atoms with Gasteiger partial charge in [-0.15, -0.1) is 0 Å². The number of aliphatic imine (C=N–C) groups is 1. The van der Waals surface area contributed by atoms with Crippen molar-refractivity contribution in [1.82, 2.24) is 14.9 Å². The lowest BCUT2D eigenvalue weighted by molar-refractivity contribution is -0.127. The molecule has 2 atom stereocenters. The Hall–Kier alpha value is -4.19. The van der Waals surface area contributed by atoms with Crippen LogP contribution in [0.25, 0.3) is 0 Å². The van der Waals surface area contributed by atoms with E-state index in [1.807, 2.05) is 6.92 Å². The third kappa shape index (κ3) is 5.97. The highest BCUT2D eigenvalue weighted by atomic mass is 19.2. The van der Waals surface area contributed by atoms with Gasteiger partial charge in [-0.25, -0.2) is 23.1 Å². The normalized spacial score (nSPS) is 16.4. The van der Waals surface area contributed by atoms with Crippen LogP contribution in [0.2, 0.25) is 0 Å². The number of carbonyl (C=O) groups excluding carboxylic acids is 1. The first kappa shape index (κ1) is 29.8. The summed E-state index contributed by atoms with van der Waals surface area (Å²) >= 11 is 0. The minimum absolute atomic E-state index is 0.00512. The molecule has 1 saturated heterocycles. The van der Waals surface area contributed by atoms with E-state index in [2.05, 4.69) is 21.5 Å². The average molecular weight is 574 g/mol. The fourth-order valence-electron chi connectivity index (χ4n) is 5.04. The van der Waals surface area contributed by atoms with Crippen molar-refractivity contribution in [2.24, 2.45) is 16.6 Å². The smallest absolute Gasteiger partial charge is 0.245 e. The summed E-state index contributed by atoms with van der Waals surface area (Å²) in [4.78, 5) is 27.1. The average Bonchev–Trinajstić information content (AvgIpc) is 2.98. The number of ether oxygens (including phenoxy) is 1. The second-order valence-corrected chi connectivity index (χ2v) is 9.58.